The average molecular weight is 508 g/mol. The Labute approximate surface area is 216 Å². The fraction of sp³-hybridized carbons (Fsp3) is 0.393. The van der Waals surface area contributed by atoms with Crippen LogP contribution in [0, 0.1) is 0 Å². The summed E-state index contributed by atoms with van der Waals surface area (Å²) in [6.07, 6.45) is 3.87. The molecule has 3 amide bonds. The van der Waals surface area contributed by atoms with Gasteiger partial charge in [-0.05, 0) is 98.0 Å². The second kappa shape index (κ2) is 10.4. The molecule has 0 aliphatic carbocycles. The smallest absolute Gasteiger partial charge is 0.294 e. The van der Waals surface area contributed by atoms with Crippen molar-refractivity contribution in [2.75, 3.05) is 30.4 Å². The molecule has 0 spiro atoms. The van der Waals surface area contributed by atoms with Crippen LogP contribution in [0.25, 0.3) is 6.08 Å². The monoisotopic (exact) mass is 507 g/mol. The Hall–Kier alpha value is -3.26. The number of anilines is 2. The van der Waals surface area contributed by atoms with E-state index in [4.69, 9.17) is 4.74 Å². The van der Waals surface area contributed by atoms with E-state index in [2.05, 4.69) is 50.0 Å². The summed E-state index contributed by atoms with van der Waals surface area (Å²) in [6, 6.07) is 13.1. The van der Waals surface area contributed by atoms with Gasteiger partial charge < -0.3 is 15.0 Å². The number of hydrogen-bond donors (Lipinski definition) is 1. The predicted octanol–water partition coefficient (Wildman–Crippen LogP) is 5.87. The number of methoxy groups -OCH3 is 1. The number of ether oxygens (including phenoxy) is 1. The fourth-order valence-electron chi connectivity index (χ4n) is 5.05. The van der Waals surface area contributed by atoms with Crippen LogP contribution in [-0.4, -0.2) is 47.7 Å². The van der Waals surface area contributed by atoms with Gasteiger partial charge in [0.1, 0.15) is 12.3 Å². The van der Waals surface area contributed by atoms with Crippen molar-refractivity contribution in [2.45, 2.75) is 52.0 Å². The Balaban J connectivity index is 1.49. The molecule has 190 valence electrons. The summed E-state index contributed by atoms with van der Waals surface area (Å²) in [5.41, 5.74) is 4.02. The lowest BCUT2D eigenvalue weighted by Gasteiger charge is -2.47. The SMILES string of the molecule is CCCN1c2ccc(/C=C3/SC(=O)N(CC(=O)Nc4ccc(OC)cc4)C3=O)cc2C(C)CC1(C)C. The summed E-state index contributed by atoms with van der Waals surface area (Å²) in [7, 11) is 1.56. The van der Waals surface area contributed by atoms with Crippen LogP contribution < -0.4 is 15.0 Å². The number of thioether (sulfide) groups is 1. The Bertz CT molecular complexity index is 1210. The lowest BCUT2D eigenvalue weighted by atomic mass is 9.79. The molecule has 2 heterocycles. The topological polar surface area (TPSA) is 79.0 Å². The Kier molecular flexibility index (Phi) is 7.45. The fourth-order valence-corrected chi connectivity index (χ4v) is 5.89. The molecule has 0 bridgehead atoms. The highest BCUT2D eigenvalue weighted by Gasteiger charge is 2.37. The number of nitrogens with zero attached hydrogens (tertiary/aromatic N) is 2. The van der Waals surface area contributed by atoms with Gasteiger partial charge in [-0.3, -0.25) is 19.3 Å². The molecule has 36 heavy (non-hydrogen) atoms. The van der Waals surface area contributed by atoms with Gasteiger partial charge in [-0.1, -0.05) is 19.9 Å². The molecule has 1 unspecified atom stereocenters. The Morgan fingerprint density at radius 2 is 1.92 bits per heavy atom. The molecule has 0 aromatic heterocycles. The number of fused-ring (bicyclic) bond motifs is 1. The van der Waals surface area contributed by atoms with E-state index < -0.39 is 17.1 Å². The number of carbonyl (C=O) groups is 3. The van der Waals surface area contributed by atoms with E-state index in [1.54, 1.807) is 37.5 Å². The van der Waals surface area contributed by atoms with Gasteiger partial charge in [0.2, 0.25) is 5.91 Å². The van der Waals surface area contributed by atoms with Crippen LogP contribution in [-0.2, 0) is 9.59 Å². The highest BCUT2D eigenvalue weighted by atomic mass is 32.2. The van der Waals surface area contributed by atoms with Crippen LogP contribution in [0.2, 0.25) is 0 Å². The molecule has 2 aliphatic rings. The molecule has 1 atom stereocenters. The second-order valence-corrected chi connectivity index (χ2v) is 10.9. The number of benzene rings is 2. The van der Waals surface area contributed by atoms with Crippen molar-refractivity contribution in [3.63, 3.8) is 0 Å². The number of carbonyl (C=O) groups excluding carboxylic acids is 3. The lowest BCUT2D eigenvalue weighted by molar-refractivity contribution is -0.127. The Morgan fingerprint density at radius 1 is 1.19 bits per heavy atom. The van der Waals surface area contributed by atoms with E-state index in [0.717, 1.165) is 41.6 Å². The van der Waals surface area contributed by atoms with E-state index in [0.29, 0.717) is 22.3 Å². The van der Waals surface area contributed by atoms with E-state index in [9.17, 15) is 14.4 Å². The number of nitrogens with one attached hydrogen (secondary N) is 1. The first-order valence-electron chi connectivity index (χ1n) is 12.2. The summed E-state index contributed by atoms with van der Waals surface area (Å²) >= 11 is 0.868. The third kappa shape index (κ3) is 5.28. The summed E-state index contributed by atoms with van der Waals surface area (Å²) in [5, 5.41) is 2.27. The summed E-state index contributed by atoms with van der Waals surface area (Å²) in [6.45, 7) is 9.66. The zero-order chi connectivity index (χ0) is 26.0. The number of imide groups is 1. The largest absolute Gasteiger partial charge is 0.497 e. The molecule has 4 rings (SSSR count). The maximum absolute atomic E-state index is 13.0. The van der Waals surface area contributed by atoms with Crippen molar-refractivity contribution in [1.29, 1.82) is 0 Å². The zero-order valence-corrected chi connectivity index (χ0v) is 22.3. The molecule has 1 saturated heterocycles. The van der Waals surface area contributed by atoms with Crippen LogP contribution in [0.1, 0.15) is 57.6 Å². The van der Waals surface area contributed by atoms with Gasteiger partial charge in [0.15, 0.2) is 0 Å². The molecule has 2 aromatic carbocycles. The summed E-state index contributed by atoms with van der Waals surface area (Å²) in [5.74, 6) is 0.162. The van der Waals surface area contributed by atoms with Crippen molar-refractivity contribution < 1.29 is 19.1 Å². The van der Waals surface area contributed by atoms with Gasteiger partial charge in [-0.2, -0.15) is 0 Å². The summed E-state index contributed by atoms with van der Waals surface area (Å²) in [4.78, 5) is 41.8. The van der Waals surface area contributed by atoms with E-state index in [-0.39, 0.29) is 12.1 Å². The minimum atomic E-state index is -0.450. The van der Waals surface area contributed by atoms with Crippen LogP contribution in [0.5, 0.6) is 5.75 Å². The Morgan fingerprint density at radius 3 is 2.58 bits per heavy atom. The first kappa shape index (κ1) is 25.8. The molecule has 2 aliphatic heterocycles. The molecule has 0 radical (unpaired) electrons. The quantitative estimate of drug-likeness (QED) is 0.472. The van der Waals surface area contributed by atoms with Crippen LogP contribution in [0.15, 0.2) is 47.4 Å². The van der Waals surface area contributed by atoms with Gasteiger partial charge in [0, 0.05) is 23.5 Å². The van der Waals surface area contributed by atoms with Crippen LogP contribution in [0.3, 0.4) is 0 Å². The molecule has 1 fully saturated rings. The molecular weight excluding hydrogens is 474 g/mol. The van der Waals surface area contributed by atoms with Crippen molar-refractivity contribution >= 4 is 46.3 Å². The second-order valence-electron chi connectivity index (χ2n) is 9.93. The van der Waals surface area contributed by atoms with Gasteiger partial charge in [0.05, 0.1) is 12.0 Å². The van der Waals surface area contributed by atoms with E-state index in [1.165, 1.54) is 11.3 Å². The highest BCUT2D eigenvalue weighted by molar-refractivity contribution is 8.18. The maximum Gasteiger partial charge on any atom is 0.294 e. The van der Waals surface area contributed by atoms with Gasteiger partial charge in [-0.15, -0.1) is 0 Å². The van der Waals surface area contributed by atoms with Gasteiger partial charge >= 0.3 is 0 Å². The number of amides is 3. The van der Waals surface area contributed by atoms with E-state index >= 15 is 0 Å². The molecule has 0 saturated carbocycles. The highest BCUT2D eigenvalue weighted by Crippen LogP contribution is 2.44. The van der Waals surface area contributed by atoms with Crippen molar-refractivity contribution in [2.24, 2.45) is 0 Å². The first-order valence-corrected chi connectivity index (χ1v) is 13.1. The molecule has 1 N–H and O–H groups in total. The molecule has 8 heteroatoms. The lowest BCUT2D eigenvalue weighted by Crippen LogP contribution is -2.48. The molecule has 7 nitrogen and oxygen atoms in total. The average Bonchev–Trinajstić information content (AvgIpc) is 3.09. The summed E-state index contributed by atoms with van der Waals surface area (Å²) < 4.78 is 5.11. The normalized spacial score (nSPS) is 20.0. The molecular formula is C28H33N3O4S. The third-order valence-electron chi connectivity index (χ3n) is 6.70. The first-order chi connectivity index (χ1) is 17.1. The van der Waals surface area contributed by atoms with Crippen molar-refractivity contribution in [3.8, 4) is 5.75 Å². The van der Waals surface area contributed by atoms with Crippen LogP contribution >= 0.6 is 11.8 Å². The zero-order valence-electron chi connectivity index (χ0n) is 21.5. The van der Waals surface area contributed by atoms with Crippen LogP contribution in [0.4, 0.5) is 16.2 Å². The van der Waals surface area contributed by atoms with Crippen molar-refractivity contribution in [1.82, 2.24) is 4.90 Å². The standard InChI is InChI=1S/C28H33N3O4S/c1-6-13-31-23-12-7-19(14-22(23)18(2)16-28(31,3)4)15-24-26(33)30(27(34)36-24)17-25(32)29-20-8-10-21(35-5)11-9-20/h7-12,14-15,18H,6,13,16-17H2,1-5H3,(H,29,32)/b24-15+. The third-order valence-corrected chi connectivity index (χ3v) is 7.61. The van der Waals surface area contributed by atoms with Gasteiger partial charge in [0.25, 0.3) is 11.1 Å². The number of rotatable bonds is 7. The van der Waals surface area contributed by atoms with E-state index in [1.807, 2.05) is 6.07 Å². The molecule has 2 aromatic rings. The van der Waals surface area contributed by atoms with Gasteiger partial charge in [-0.25, -0.2) is 0 Å². The number of hydrogen-bond acceptors (Lipinski definition) is 6. The van der Waals surface area contributed by atoms with Crippen molar-refractivity contribution in [3.05, 3.63) is 58.5 Å². The minimum absolute atomic E-state index is 0.0823. The minimum Gasteiger partial charge on any atom is -0.497 e. The maximum atomic E-state index is 13.0. The predicted molar refractivity (Wildman–Crippen MR) is 145 cm³/mol.